The van der Waals surface area contributed by atoms with Crippen molar-refractivity contribution in [2.24, 2.45) is 5.73 Å². The number of carbonyl (C=O) groups is 1. The average molecular weight is 135 g/mol. The Morgan fingerprint density at radius 2 is 2.00 bits per heavy atom. The van der Waals surface area contributed by atoms with Crippen LogP contribution in [0.4, 0.5) is 4.39 Å². The summed E-state index contributed by atoms with van der Waals surface area (Å²) >= 11 is 0. The maximum atomic E-state index is 11.4. The van der Waals surface area contributed by atoms with Gasteiger partial charge in [0.2, 0.25) is 5.76 Å². The molecule has 0 saturated carbocycles. The summed E-state index contributed by atoms with van der Waals surface area (Å²) in [6.07, 6.45) is 0. The van der Waals surface area contributed by atoms with Gasteiger partial charge >= 0.3 is 5.97 Å². The van der Waals surface area contributed by atoms with Crippen molar-refractivity contribution < 1.29 is 19.4 Å². The number of hydrogen-bond donors (Lipinski definition) is 3. The zero-order valence-electron chi connectivity index (χ0n) is 4.47. The first-order valence-corrected chi connectivity index (χ1v) is 2.06. The van der Waals surface area contributed by atoms with Gasteiger partial charge in [-0.15, -0.1) is 0 Å². The zero-order chi connectivity index (χ0) is 7.44. The molecule has 0 aromatic heterocycles. The number of hydrogen-bond acceptors (Lipinski definition) is 3. The molecule has 52 valence electrons. The van der Waals surface area contributed by atoms with Gasteiger partial charge in [0.15, 0.2) is 0 Å². The number of nitrogens with two attached hydrogens (primary N) is 1. The predicted molar refractivity (Wildman–Crippen MR) is 27.5 cm³/mol. The van der Waals surface area contributed by atoms with Crippen molar-refractivity contribution in [2.45, 2.75) is 0 Å². The van der Waals surface area contributed by atoms with E-state index in [-0.39, 0.29) is 0 Å². The average Bonchev–Trinajstić information content (AvgIpc) is 1.84. The molecule has 0 heterocycles. The van der Waals surface area contributed by atoms with Gasteiger partial charge in [0.1, 0.15) is 6.67 Å². The van der Waals surface area contributed by atoms with E-state index in [9.17, 15) is 9.18 Å². The molecule has 0 bridgehead atoms. The molecule has 0 rings (SSSR count). The Kier molecular flexibility index (Phi) is 2.50. The van der Waals surface area contributed by atoms with Gasteiger partial charge in [-0.25, -0.2) is 9.18 Å². The lowest BCUT2D eigenvalue weighted by Gasteiger charge is -1.94. The minimum absolute atomic E-state index is 0.664. The standard InChI is InChI=1S/C4H6FNO3/c5-1-2(6)3(7)4(8)9/h7H,1,6H2,(H,8,9)/b3-2-. The zero-order valence-corrected chi connectivity index (χ0v) is 4.47. The summed E-state index contributed by atoms with van der Waals surface area (Å²) in [6, 6.07) is 0. The van der Waals surface area contributed by atoms with Crippen molar-refractivity contribution >= 4 is 5.97 Å². The second-order valence-corrected chi connectivity index (χ2v) is 1.31. The molecule has 4 N–H and O–H groups in total. The van der Waals surface area contributed by atoms with E-state index in [2.05, 4.69) is 0 Å². The van der Waals surface area contributed by atoms with Crippen LogP contribution in [0.1, 0.15) is 0 Å². The lowest BCUT2D eigenvalue weighted by Crippen LogP contribution is -2.11. The highest BCUT2D eigenvalue weighted by Gasteiger charge is 2.08. The lowest BCUT2D eigenvalue weighted by atomic mass is 10.4. The Hall–Kier alpha value is -1.26. The first kappa shape index (κ1) is 7.74. The number of carboxylic acid groups (broad SMARTS) is 1. The van der Waals surface area contributed by atoms with E-state index in [4.69, 9.17) is 15.9 Å². The summed E-state index contributed by atoms with van der Waals surface area (Å²) < 4.78 is 11.4. The molecule has 5 heteroatoms. The number of aliphatic carboxylic acids is 1. The summed E-state index contributed by atoms with van der Waals surface area (Å²) in [4.78, 5) is 9.75. The molecular formula is C4H6FNO3. The molecule has 0 spiro atoms. The molecule has 0 aliphatic rings. The van der Waals surface area contributed by atoms with Gasteiger partial charge in [-0.2, -0.15) is 0 Å². The van der Waals surface area contributed by atoms with E-state index in [0.29, 0.717) is 0 Å². The highest BCUT2D eigenvalue weighted by atomic mass is 19.1. The topological polar surface area (TPSA) is 83.5 Å². The number of rotatable bonds is 2. The molecule has 0 aliphatic carbocycles. The number of aliphatic hydroxyl groups is 1. The van der Waals surface area contributed by atoms with Crippen LogP contribution >= 0.6 is 0 Å². The number of allylic oxidation sites excluding steroid dienone is 1. The second-order valence-electron chi connectivity index (χ2n) is 1.31. The van der Waals surface area contributed by atoms with Gasteiger partial charge in [-0.05, 0) is 0 Å². The Morgan fingerprint density at radius 1 is 1.56 bits per heavy atom. The Bertz CT molecular complexity index is 154. The van der Waals surface area contributed by atoms with Crippen LogP contribution in [0.2, 0.25) is 0 Å². The van der Waals surface area contributed by atoms with Crippen LogP contribution in [0.5, 0.6) is 0 Å². The lowest BCUT2D eigenvalue weighted by molar-refractivity contribution is -0.135. The van der Waals surface area contributed by atoms with Gasteiger partial charge in [-0.3, -0.25) is 0 Å². The summed E-state index contributed by atoms with van der Waals surface area (Å²) in [6.45, 7) is -1.15. The van der Waals surface area contributed by atoms with Crippen LogP contribution in [-0.2, 0) is 4.79 Å². The summed E-state index contributed by atoms with van der Waals surface area (Å²) in [5, 5.41) is 16.2. The van der Waals surface area contributed by atoms with Crippen molar-refractivity contribution in [3.05, 3.63) is 11.5 Å². The number of halogens is 1. The van der Waals surface area contributed by atoms with Crippen LogP contribution in [0.25, 0.3) is 0 Å². The normalized spacial score (nSPS) is 12.6. The molecule has 0 amide bonds. The molecular weight excluding hydrogens is 129 g/mol. The van der Waals surface area contributed by atoms with Gasteiger partial charge in [0.25, 0.3) is 0 Å². The van der Waals surface area contributed by atoms with Gasteiger partial charge in [0.05, 0.1) is 5.70 Å². The Morgan fingerprint density at radius 3 is 2.11 bits per heavy atom. The predicted octanol–water partition coefficient (Wildman–Crippen LogP) is -0.231. The maximum Gasteiger partial charge on any atom is 0.372 e. The van der Waals surface area contributed by atoms with E-state index < -0.39 is 24.1 Å². The molecule has 4 nitrogen and oxygen atoms in total. The molecule has 0 saturated heterocycles. The van der Waals surface area contributed by atoms with Crippen molar-refractivity contribution in [3.63, 3.8) is 0 Å². The summed E-state index contributed by atoms with van der Waals surface area (Å²) in [7, 11) is 0. The fourth-order valence-electron chi connectivity index (χ4n) is 0.201. The van der Waals surface area contributed by atoms with E-state index in [1.54, 1.807) is 0 Å². The minimum Gasteiger partial charge on any atom is -0.501 e. The molecule has 0 atom stereocenters. The fraction of sp³-hybridized carbons (Fsp3) is 0.250. The van der Waals surface area contributed by atoms with Crippen LogP contribution in [-0.4, -0.2) is 22.9 Å². The van der Waals surface area contributed by atoms with Gasteiger partial charge in [0, 0.05) is 0 Å². The first-order chi connectivity index (χ1) is 4.09. The molecule has 0 fully saturated rings. The highest BCUT2D eigenvalue weighted by molar-refractivity contribution is 5.84. The van der Waals surface area contributed by atoms with Crippen LogP contribution in [0, 0.1) is 0 Å². The van der Waals surface area contributed by atoms with Crippen LogP contribution in [0.15, 0.2) is 11.5 Å². The minimum atomic E-state index is -1.62. The molecule has 0 aromatic carbocycles. The van der Waals surface area contributed by atoms with Gasteiger partial charge in [-0.1, -0.05) is 0 Å². The molecule has 0 aliphatic heterocycles. The van der Waals surface area contributed by atoms with E-state index in [0.717, 1.165) is 0 Å². The summed E-state index contributed by atoms with van der Waals surface area (Å²) in [5.74, 6) is -2.75. The third-order valence-corrected chi connectivity index (χ3v) is 0.651. The molecule has 0 aromatic rings. The fourth-order valence-corrected chi connectivity index (χ4v) is 0.201. The van der Waals surface area contributed by atoms with Crippen molar-refractivity contribution in [1.29, 1.82) is 0 Å². The molecule has 0 unspecified atom stereocenters. The molecule has 0 radical (unpaired) electrons. The first-order valence-electron chi connectivity index (χ1n) is 2.06. The third kappa shape index (κ3) is 1.98. The quantitative estimate of drug-likeness (QED) is 0.360. The van der Waals surface area contributed by atoms with E-state index in [1.165, 1.54) is 0 Å². The van der Waals surface area contributed by atoms with Crippen LogP contribution < -0.4 is 5.73 Å². The Labute approximate surface area is 50.4 Å². The Balaban J connectivity index is 4.28. The largest absolute Gasteiger partial charge is 0.501 e. The van der Waals surface area contributed by atoms with Crippen molar-refractivity contribution in [2.75, 3.05) is 6.67 Å². The van der Waals surface area contributed by atoms with Crippen molar-refractivity contribution in [3.8, 4) is 0 Å². The number of alkyl halides is 1. The maximum absolute atomic E-state index is 11.4. The monoisotopic (exact) mass is 135 g/mol. The highest BCUT2D eigenvalue weighted by Crippen LogP contribution is 1.93. The van der Waals surface area contributed by atoms with E-state index >= 15 is 0 Å². The van der Waals surface area contributed by atoms with E-state index in [1.807, 2.05) is 0 Å². The van der Waals surface area contributed by atoms with Gasteiger partial charge < -0.3 is 15.9 Å². The summed E-state index contributed by atoms with van der Waals surface area (Å²) in [5.41, 5.74) is 4.03. The number of carboxylic acids is 1. The SMILES string of the molecule is N/C(CF)=C(\O)C(=O)O. The van der Waals surface area contributed by atoms with Crippen molar-refractivity contribution in [1.82, 2.24) is 0 Å². The molecule has 9 heavy (non-hydrogen) atoms. The number of aliphatic hydroxyl groups excluding tert-OH is 1. The smallest absolute Gasteiger partial charge is 0.372 e. The second kappa shape index (κ2) is 2.91. The third-order valence-electron chi connectivity index (χ3n) is 0.651. The van der Waals surface area contributed by atoms with Crippen LogP contribution in [0.3, 0.4) is 0 Å².